The molecule has 22 heavy (non-hydrogen) atoms. The number of carbonyl (C=O) groups is 2. The van der Waals surface area contributed by atoms with Crippen LogP contribution in [0.1, 0.15) is 32.4 Å². The minimum Gasteiger partial charge on any atom is -0.337 e. The van der Waals surface area contributed by atoms with Gasteiger partial charge < -0.3 is 10.2 Å². The zero-order valence-electron chi connectivity index (χ0n) is 11.6. The molecule has 1 N–H and O–H groups in total. The molecule has 1 fully saturated rings. The zero-order chi connectivity index (χ0) is 15.5. The molecule has 2 heterocycles. The summed E-state index contributed by atoms with van der Waals surface area (Å²) >= 11 is 0.959. The van der Waals surface area contributed by atoms with Crippen molar-refractivity contribution in [3.63, 3.8) is 0 Å². The van der Waals surface area contributed by atoms with E-state index in [9.17, 15) is 14.0 Å². The van der Waals surface area contributed by atoms with Gasteiger partial charge in [0.05, 0.1) is 0 Å². The summed E-state index contributed by atoms with van der Waals surface area (Å²) in [7, 11) is 0. The van der Waals surface area contributed by atoms with Gasteiger partial charge in [-0.1, -0.05) is 11.3 Å². The Hall–Kier alpha value is -2.35. The fraction of sp³-hybridized carbons (Fsp3) is 0.286. The summed E-state index contributed by atoms with van der Waals surface area (Å²) in [5.41, 5.74) is 0.453. The minimum atomic E-state index is -0.468. The third-order valence-electron chi connectivity index (χ3n) is 3.30. The molecule has 2 aromatic rings. The summed E-state index contributed by atoms with van der Waals surface area (Å²) in [6, 6.07) is 5.39. The first kappa shape index (κ1) is 14.6. The van der Waals surface area contributed by atoms with E-state index in [0.717, 1.165) is 37.3 Å². The Labute approximate surface area is 130 Å². The second-order valence-corrected chi connectivity index (χ2v) is 5.85. The Kier molecular flexibility index (Phi) is 4.10. The topological polar surface area (TPSA) is 75.2 Å². The average Bonchev–Trinajstić information content (AvgIpc) is 3.20. The standard InChI is InChI=1S/C14H13FN4O2S/c15-9-3-5-10(6-4-9)16-11(20)12-17-18-13(22-12)14(21)19-7-1-2-8-19/h3-6H,1-2,7-8H2,(H,16,20). The van der Waals surface area contributed by atoms with Crippen molar-refractivity contribution < 1.29 is 14.0 Å². The molecule has 1 aromatic heterocycles. The van der Waals surface area contributed by atoms with Crippen LogP contribution >= 0.6 is 11.3 Å². The highest BCUT2D eigenvalue weighted by atomic mass is 32.1. The first-order valence-corrected chi connectivity index (χ1v) is 7.65. The van der Waals surface area contributed by atoms with Crippen LogP contribution in [0, 0.1) is 5.82 Å². The van der Waals surface area contributed by atoms with Crippen molar-refractivity contribution >= 4 is 28.8 Å². The molecule has 0 saturated carbocycles. The van der Waals surface area contributed by atoms with E-state index in [1.807, 2.05) is 0 Å². The first-order chi connectivity index (χ1) is 10.6. The summed E-state index contributed by atoms with van der Waals surface area (Å²) in [6.07, 6.45) is 1.98. The predicted molar refractivity (Wildman–Crippen MR) is 79.4 cm³/mol. The third-order valence-corrected chi connectivity index (χ3v) is 4.21. The molecule has 1 aliphatic heterocycles. The van der Waals surface area contributed by atoms with Crippen molar-refractivity contribution in [3.05, 3.63) is 40.1 Å². The fourth-order valence-electron chi connectivity index (χ4n) is 2.17. The maximum Gasteiger partial charge on any atom is 0.286 e. The highest BCUT2D eigenvalue weighted by Gasteiger charge is 2.24. The van der Waals surface area contributed by atoms with Crippen LogP contribution in [0.4, 0.5) is 10.1 Å². The number of rotatable bonds is 3. The maximum absolute atomic E-state index is 12.8. The van der Waals surface area contributed by atoms with Gasteiger partial charge in [0, 0.05) is 18.8 Å². The number of carbonyl (C=O) groups excluding carboxylic acids is 2. The van der Waals surface area contributed by atoms with Crippen LogP contribution in [-0.4, -0.2) is 40.0 Å². The van der Waals surface area contributed by atoms with Gasteiger partial charge in [-0.25, -0.2) is 4.39 Å². The molecule has 114 valence electrons. The van der Waals surface area contributed by atoms with Crippen molar-refractivity contribution in [1.29, 1.82) is 0 Å². The number of halogens is 1. The van der Waals surface area contributed by atoms with Crippen LogP contribution in [0.2, 0.25) is 0 Å². The Morgan fingerprint density at radius 3 is 2.41 bits per heavy atom. The molecule has 6 nitrogen and oxygen atoms in total. The first-order valence-electron chi connectivity index (χ1n) is 6.83. The lowest BCUT2D eigenvalue weighted by atomic mass is 10.3. The number of hydrogen-bond acceptors (Lipinski definition) is 5. The molecule has 8 heteroatoms. The predicted octanol–water partition coefficient (Wildman–Crippen LogP) is 2.17. The summed E-state index contributed by atoms with van der Waals surface area (Å²) < 4.78 is 12.8. The molecule has 0 atom stereocenters. The third kappa shape index (κ3) is 3.11. The number of nitrogens with zero attached hydrogens (tertiary/aromatic N) is 3. The van der Waals surface area contributed by atoms with Crippen LogP contribution in [0.5, 0.6) is 0 Å². The van der Waals surface area contributed by atoms with Crippen molar-refractivity contribution in [2.45, 2.75) is 12.8 Å². The fourth-order valence-corrected chi connectivity index (χ4v) is 2.88. The van der Waals surface area contributed by atoms with Crippen LogP contribution in [0.15, 0.2) is 24.3 Å². The Morgan fingerprint density at radius 1 is 1.09 bits per heavy atom. The molecule has 0 radical (unpaired) electrons. The molecule has 0 unspecified atom stereocenters. The summed E-state index contributed by atoms with van der Waals surface area (Å²) in [5.74, 6) is -1.03. The summed E-state index contributed by atoms with van der Waals surface area (Å²) in [5, 5.41) is 10.5. The summed E-state index contributed by atoms with van der Waals surface area (Å²) in [4.78, 5) is 25.9. The second-order valence-electron chi connectivity index (χ2n) is 4.87. The molecule has 2 amide bonds. The Balaban J connectivity index is 1.68. The van der Waals surface area contributed by atoms with Gasteiger partial charge in [-0.15, -0.1) is 10.2 Å². The van der Waals surface area contributed by atoms with E-state index in [0.29, 0.717) is 5.69 Å². The average molecular weight is 320 g/mol. The number of nitrogens with one attached hydrogen (secondary N) is 1. The normalized spacial score (nSPS) is 14.1. The monoisotopic (exact) mass is 320 g/mol. The zero-order valence-corrected chi connectivity index (χ0v) is 12.4. The molecule has 1 saturated heterocycles. The van der Waals surface area contributed by atoms with Gasteiger partial charge in [-0.3, -0.25) is 9.59 Å². The number of anilines is 1. The lowest BCUT2D eigenvalue weighted by molar-refractivity contribution is 0.0791. The number of benzene rings is 1. The van der Waals surface area contributed by atoms with E-state index in [4.69, 9.17) is 0 Å². The number of amides is 2. The number of likely N-dealkylation sites (tertiary alicyclic amines) is 1. The minimum absolute atomic E-state index is 0.104. The van der Waals surface area contributed by atoms with E-state index >= 15 is 0 Å². The molecular weight excluding hydrogens is 307 g/mol. The van der Waals surface area contributed by atoms with Crippen molar-refractivity contribution in [2.24, 2.45) is 0 Å². The van der Waals surface area contributed by atoms with Crippen LogP contribution < -0.4 is 5.32 Å². The van der Waals surface area contributed by atoms with Crippen LogP contribution in [-0.2, 0) is 0 Å². The van der Waals surface area contributed by atoms with E-state index < -0.39 is 5.91 Å². The molecular formula is C14H13FN4O2S. The van der Waals surface area contributed by atoms with Gasteiger partial charge in [0.2, 0.25) is 10.0 Å². The van der Waals surface area contributed by atoms with Gasteiger partial charge >= 0.3 is 0 Å². The molecule has 1 aromatic carbocycles. The van der Waals surface area contributed by atoms with E-state index in [1.54, 1.807) is 4.90 Å². The Morgan fingerprint density at radius 2 is 1.73 bits per heavy atom. The van der Waals surface area contributed by atoms with Gasteiger partial charge in [-0.05, 0) is 37.1 Å². The highest BCUT2D eigenvalue weighted by Crippen LogP contribution is 2.17. The van der Waals surface area contributed by atoms with Crippen LogP contribution in [0.3, 0.4) is 0 Å². The SMILES string of the molecule is O=C(Nc1ccc(F)cc1)c1nnc(C(=O)N2CCCC2)s1. The quantitative estimate of drug-likeness (QED) is 0.940. The van der Waals surface area contributed by atoms with E-state index in [-0.39, 0.29) is 21.7 Å². The van der Waals surface area contributed by atoms with Gasteiger partial charge in [0.25, 0.3) is 11.8 Å². The van der Waals surface area contributed by atoms with E-state index in [1.165, 1.54) is 24.3 Å². The lowest BCUT2D eigenvalue weighted by Crippen LogP contribution is -2.27. The molecule has 0 bridgehead atoms. The van der Waals surface area contributed by atoms with Gasteiger partial charge in [0.15, 0.2) is 0 Å². The summed E-state index contributed by atoms with van der Waals surface area (Å²) in [6.45, 7) is 1.44. The smallest absolute Gasteiger partial charge is 0.286 e. The molecule has 3 rings (SSSR count). The van der Waals surface area contributed by atoms with Crippen LogP contribution in [0.25, 0.3) is 0 Å². The van der Waals surface area contributed by atoms with E-state index in [2.05, 4.69) is 15.5 Å². The number of aromatic nitrogens is 2. The van der Waals surface area contributed by atoms with Crippen molar-refractivity contribution in [1.82, 2.24) is 15.1 Å². The largest absolute Gasteiger partial charge is 0.337 e. The Bertz CT molecular complexity index is 695. The second kappa shape index (κ2) is 6.18. The number of hydrogen-bond donors (Lipinski definition) is 1. The van der Waals surface area contributed by atoms with Gasteiger partial charge in [0.1, 0.15) is 5.82 Å². The molecule has 1 aliphatic rings. The molecule has 0 spiro atoms. The van der Waals surface area contributed by atoms with Crippen molar-refractivity contribution in [2.75, 3.05) is 18.4 Å². The molecule has 0 aliphatic carbocycles. The van der Waals surface area contributed by atoms with Crippen molar-refractivity contribution in [3.8, 4) is 0 Å². The van der Waals surface area contributed by atoms with Gasteiger partial charge in [-0.2, -0.15) is 0 Å². The maximum atomic E-state index is 12.8. The lowest BCUT2D eigenvalue weighted by Gasteiger charge is -2.11. The highest BCUT2D eigenvalue weighted by molar-refractivity contribution is 7.15.